The van der Waals surface area contributed by atoms with Crippen molar-refractivity contribution in [2.45, 2.75) is 0 Å². The van der Waals surface area contributed by atoms with Crippen LogP contribution in [0.5, 0.6) is 0 Å². The smallest absolute Gasteiger partial charge is 0.208 e. The van der Waals surface area contributed by atoms with Crippen molar-refractivity contribution in [2.24, 2.45) is 10.7 Å². The van der Waals surface area contributed by atoms with Crippen molar-refractivity contribution in [2.75, 3.05) is 31.4 Å². The first-order valence-corrected chi connectivity index (χ1v) is 6.75. The van der Waals surface area contributed by atoms with Gasteiger partial charge in [0.25, 0.3) is 0 Å². The van der Waals surface area contributed by atoms with Gasteiger partial charge in [-0.1, -0.05) is 0 Å². The molecule has 0 aliphatic carbocycles. The number of anilines is 1. The van der Waals surface area contributed by atoms with Crippen molar-refractivity contribution in [1.82, 2.24) is 15.0 Å². The molecule has 1 rings (SSSR count). The average Bonchev–Trinajstić information content (AvgIpc) is 2.71. The fraction of sp³-hybridized carbons (Fsp3) is 0.571. The average molecular weight is 278 g/mol. The first kappa shape index (κ1) is 14.3. The SMILES string of the molecule is CS(=O)(=O)NCCNc1nonc1/C(N)=N/CO. The maximum Gasteiger partial charge on any atom is 0.208 e. The number of nitrogens with zero attached hydrogens (tertiary/aromatic N) is 3. The maximum absolute atomic E-state index is 10.8. The molecule has 0 bridgehead atoms. The van der Waals surface area contributed by atoms with E-state index in [1.807, 2.05) is 0 Å². The molecule has 0 amide bonds. The quantitative estimate of drug-likeness (QED) is 0.246. The summed E-state index contributed by atoms with van der Waals surface area (Å²) in [7, 11) is -3.23. The number of sulfonamides is 1. The van der Waals surface area contributed by atoms with Crippen molar-refractivity contribution < 1.29 is 18.2 Å². The molecule has 0 atom stereocenters. The lowest BCUT2D eigenvalue weighted by atomic mass is 10.4. The highest BCUT2D eigenvalue weighted by molar-refractivity contribution is 7.88. The summed E-state index contributed by atoms with van der Waals surface area (Å²) in [5.41, 5.74) is 5.66. The number of aromatic nitrogens is 2. The lowest BCUT2D eigenvalue weighted by Gasteiger charge is -2.04. The molecule has 0 radical (unpaired) electrons. The molecule has 1 heterocycles. The Kier molecular flexibility index (Phi) is 5.00. The number of aliphatic hydroxyl groups is 1. The van der Waals surface area contributed by atoms with Crippen LogP contribution in [0.1, 0.15) is 5.69 Å². The summed E-state index contributed by atoms with van der Waals surface area (Å²) in [4.78, 5) is 3.53. The first-order valence-electron chi connectivity index (χ1n) is 4.86. The molecule has 0 saturated heterocycles. The second kappa shape index (κ2) is 6.28. The Bertz CT molecular complexity index is 510. The van der Waals surface area contributed by atoms with Gasteiger partial charge in [-0.15, -0.1) is 0 Å². The van der Waals surface area contributed by atoms with Crippen molar-refractivity contribution in [1.29, 1.82) is 0 Å². The molecule has 0 unspecified atom stereocenters. The van der Waals surface area contributed by atoms with Crippen LogP contribution in [0.2, 0.25) is 0 Å². The van der Waals surface area contributed by atoms with Gasteiger partial charge in [0, 0.05) is 13.1 Å². The van der Waals surface area contributed by atoms with E-state index in [0.717, 1.165) is 6.26 Å². The topological polar surface area (TPSA) is 156 Å². The summed E-state index contributed by atoms with van der Waals surface area (Å²) >= 11 is 0. The number of hydrogen-bond acceptors (Lipinski definition) is 8. The number of nitrogens with two attached hydrogens (primary N) is 1. The van der Waals surface area contributed by atoms with Gasteiger partial charge < -0.3 is 16.2 Å². The monoisotopic (exact) mass is 278 g/mol. The molecule has 5 N–H and O–H groups in total. The summed E-state index contributed by atoms with van der Waals surface area (Å²) in [6, 6.07) is 0. The van der Waals surface area contributed by atoms with E-state index in [9.17, 15) is 8.42 Å². The summed E-state index contributed by atoms with van der Waals surface area (Å²) in [5.74, 6) is 0.192. The molecule has 0 aromatic carbocycles. The van der Waals surface area contributed by atoms with E-state index in [-0.39, 0.29) is 30.4 Å². The van der Waals surface area contributed by atoms with Gasteiger partial charge in [0.2, 0.25) is 15.8 Å². The Hall–Kier alpha value is -1.72. The zero-order chi connectivity index (χ0) is 13.6. The summed E-state index contributed by atoms with van der Waals surface area (Å²) in [6.07, 6.45) is 1.06. The third kappa shape index (κ3) is 4.65. The van der Waals surface area contributed by atoms with Crippen LogP contribution in [-0.2, 0) is 10.0 Å². The summed E-state index contributed by atoms with van der Waals surface area (Å²) in [5, 5.41) is 18.4. The Morgan fingerprint density at radius 1 is 1.50 bits per heavy atom. The highest BCUT2D eigenvalue weighted by Gasteiger charge is 2.13. The van der Waals surface area contributed by atoms with Crippen LogP contribution in [0.4, 0.5) is 5.82 Å². The third-order valence-corrected chi connectivity index (χ3v) is 2.48. The van der Waals surface area contributed by atoms with Crippen LogP contribution in [0.3, 0.4) is 0 Å². The Morgan fingerprint density at radius 3 is 2.83 bits per heavy atom. The van der Waals surface area contributed by atoms with E-state index in [4.69, 9.17) is 10.8 Å². The lowest BCUT2D eigenvalue weighted by molar-refractivity contribution is 0.305. The number of aliphatic imine (C=N–C) groups is 1. The van der Waals surface area contributed by atoms with Gasteiger partial charge in [-0.2, -0.15) is 0 Å². The summed E-state index contributed by atoms with van der Waals surface area (Å²) < 4.78 is 28.4. The number of amidine groups is 1. The second-order valence-electron chi connectivity index (χ2n) is 3.24. The number of hydrogen-bond donors (Lipinski definition) is 4. The highest BCUT2D eigenvalue weighted by Crippen LogP contribution is 2.08. The van der Waals surface area contributed by atoms with Crippen LogP contribution < -0.4 is 15.8 Å². The van der Waals surface area contributed by atoms with Gasteiger partial charge in [0.1, 0.15) is 6.73 Å². The van der Waals surface area contributed by atoms with E-state index < -0.39 is 16.8 Å². The van der Waals surface area contributed by atoms with Crippen LogP contribution in [0, 0.1) is 0 Å². The van der Waals surface area contributed by atoms with Gasteiger partial charge >= 0.3 is 0 Å². The highest BCUT2D eigenvalue weighted by atomic mass is 32.2. The maximum atomic E-state index is 10.8. The molecule has 0 aliphatic heterocycles. The Balaban J connectivity index is 2.54. The molecule has 0 fully saturated rings. The van der Waals surface area contributed by atoms with Crippen molar-refractivity contribution in [3.8, 4) is 0 Å². The van der Waals surface area contributed by atoms with E-state index >= 15 is 0 Å². The Morgan fingerprint density at radius 2 is 2.22 bits per heavy atom. The normalized spacial score (nSPS) is 12.7. The molecule has 10 nitrogen and oxygen atoms in total. The zero-order valence-corrected chi connectivity index (χ0v) is 10.4. The lowest BCUT2D eigenvalue weighted by Crippen LogP contribution is -2.28. The predicted molar refractivity (Wildman–Crippen MR) is 63.4 cm³/mol. The van der Waals surface area contributed by atoms with Crippen LogP contribution >= 0.6 is 0 Å². The molecule has 0 aliphatic rings. The molecule has 102 valence electrons. The van der Waals surface area contributed by atoms with Crippen LogP contribution in [0.25, 0.3) is 0 Å². The van der Waals surface area contributed by atoms with Crippen LogP contribution in [0.15, 0.2) is 9.62 Å². The standard InChI is InChI=1S/C7H14N6O4S/c1-18(15,16)11-3-2-9-7-5(12-17-13-7)6(8)10-4-14/h11,14H,2-4H2,1H3,(H2,8,10)(H,9,13). The molecule has 0 saturated carbocycles. The van der Waals surface area contributed by atoms with Gasteiger partial charge in [-0.3, -0.25) is 0 Å². The minimum atomic E-state index is -3.23. The Labute approximate surface area is 103 Å². The van der Waals surface area contributed by atoms with Crippen molar-refractivity contribution >= 4 is 21.7 Å². The second-order valence-corrected chi connectivity index (χ2v) is 5.07. The molecule has 1 aromatic heterocycles. The van der Waals surface area contributed by atoms with Crippen molar-refractivity contribution in [3.05, 3.63) is 5.69 Å². The number of nitrogens with one attached hydrogen (secondary N) is 2. The third-order valence-electron chi connectivity index (χ3n) is 1.75. The van der Waals surface area contributed by atoms with E-state index in [1.54, 1.807) is 0 Å². The largest absolute Gasteiger partial charge is 0.382 e. The van der Waals surface area contributed by atoms with E-state index in [2.05, 4.69) is 30.0 Å². The fourth-order valence-electron chi connectivity index (χ4n) is 1.04. The van der Waals surface area contributed by atoms with Gasteiger partial charge in [-0.05, 0) is 10.3 Å². The van der Waals surface area contributed by atoms with E-state index in [1.165, 1.54) is 0 Å². The fourth-order valence-corrected chi connectivity index (χ4v) is 1.51. The minimum absolute atomic E-state index is 0.0303. The molecule has 18 heavy (non-hydrogen) atoms. The molecule has 0 spiro atoms. The van der Waals surface area contributed by atoms with Gasteiger partial charge in [-0.25, -0.2) is 22.8 Å². The zero-order valence-electron chi connectivity index (χ0n) is 9.62. The molecule has 11 heteroatoms. The number of aliphatic hydroxyl groups excluding tert-OH is 1. The predicted octanol–water partition coefficient (Wildman–Crippen LogP) is -2.31. The van der Waals surface area contributed by atoms with E-state index in [0.29, 0.717) is 0 Å². The van der Waals surface area contributed by atoms with Crippen LogP contribution in [-0.4, -0.2) is 55.7 Å². The van der Waals surface area contributed by atoms with Crippen molar-refractivity contribution in [3.63, 3.8) is 0 Å². The molecular weight excluding hydrogens is 264 g/mol. The van der Waals surface area contributed by atoms with Gasteiger partial charge in [0.05, 0.1) is 6.26 Å². The first-order chi connectivity index (χ1) is 8.44. The molecular formula is C7H14N6O4S. The van der Waals surface area contributed by atoms with Gasteiger partial charge in [0.15, 0.2) is 11.5 Å². The summed E-state index contributed by atoms with van der Waals surface area (Å²) in [6.45, 7) is -0.0450. The number of rotatable bonds is 7. The molecule has 1 aromatic rings. The minimum Gasteiger partial charge on any atom is -0.382 e.